The molecule has 0 bridgehead atoms. The van der Waals surface area contributed by atoms with Gasteiger partial charge in [-0.15, -0.1) is 0 Å². The van der Waals surface area contributed by atoms with Crippen molar-refractivity contribution in [1.29, 1.82) is 0 Å². The average molecular weight is 307 g/mol. The summed E-state index contributed by atoms with van der Waals surface area (Å²) in [6, 6.07) is 13.8. The minimum atomic E-state index is 0.685. The lowest BCUT2D eigenvalue weighted by atomic mass is 10.2. The van der Waals surface area contributed by atoms with Gasteiger partial charge in [0.15, 0.2) is 0 Å². The number of halogens is 1. The molecule has 0 radical (unpaired) electrons. The van der Waals surface area contributed by atoms with E-state index in [0.29, 0.717) is 5.69 Å². The molecular formula is C14H15BrN2O. The van der Waals surface area contributed by atoms with Crippen molar-refractivity contribution in [2.24, 2.45) is 0 Å². The molecule has 0 saturated carbocycles. The number of anilines is 2. The number of rotatable bonds is 4. The number of nitrogens with one attached hydrogen (secondary N) is 1. The fourth-order valence-electron chi connectivity index (χ4n) is 1.67. The van der Waals surface area contributed by atoms with Gasteiger partial charge in [-0.25, -0.2) is 0 Å². The van der Waals surface area contributed by atoms with E-state index in [9.17, 15) is 0 Å². The van der Waals surface area contributed by atoms with Crippen LogP contribution in [-0.4, -0.2) is 7.11 Å². The Labute approximate surface area is 115 Å². The number of nitrogen functional groups attached to an aromatic ring is 1. The lowest BCUT2D eigenvalue weighted by molar-refractivity contribution is 0.415. The molecule has 0 unspecified atom stereocenters. The molecule has 0 spiro atoms. The van der Waals surface area contributed by atoms with Gasteiger partial charge in [-0.1, -0.05) is 28.1 Å². The maximum atomic E-state index is 5.94. The van der Waals surface area contributed by atoms with Gasteiger partial charge in [-0.3, -0.25) is 0 Å². The molecule has 0 atom stereocenters. The fourth-order valence-corrected chi connectivity index (χ4v) is 2.12. The summed E-state index contributed by atoms with van der Waals surface area (Å²) in [6.45, 7) is 0.732. The van der Waals surface area contributed by atoms with E-state index in [0.717, 1.165) is 22.5 Å². The van der Waals surface area contributed by atoms with E-state index in [1.54, 1.807) is 7.11 Å². The highest BCUT2D eigenvalue weighted by atomic mass is 79.9. The Morgan fingerprint density at radius 1 is 1.22 bits per heavy atom. The van der Waals surface area contributed by atoms with Gasteiger partial charge in [-0.2, -0.15) is 0 Å². The summed E-state index contributed by atoms with van der Waals surface area (Å²) < 4.78 is 6.19. The number of methoxy groups -OCH3 is 1. The lowest BCUT2D eigenvalue weighted by Crippen LogP contribution is -2.02. The molecule has 2 aromatic rings. The van der Waals surface area contributed by atoms with Crippen molar-refractivity contribution in [1.82, 2.24) is 0 Å². The maximum absolute atomic E-state index is 5.94. The first kappa shape index (κ1) is 12.8. The van der Waals surface area contributed by atoms with Crippen LogP contribution in [-0.2, 0) is 6.54 Å². The van der Waals surface area contributed by atoms with E-state index >= 15 is 0 Å². The lowest BCUT2D eigenvalue weighted by Gasteiger charge is -2.10. The van der Waals surface area contributed by atoms with E-state index in [1.807, 2.05) is 30.3 Å². The van der Waals surface area contributed by atoms with Crippen molar-refractivity contribution in [3.8, 4) is 5.75 Å². The molecule has 0 aromatic heterocycles. The van der Waals surface area contributed by atoms with Crippen molar-refractivity contribution in [2.45, 2.75) is 6.54 Å². The molecule has 2 rings (SSSR count). The number of hydrogen-bond donors (Lipinski definition) is 2. The Morgan fingerprint density at radius 2 is 2.06 bits per heavy atom. The molecule has 0 fully saturated rings. The van der Waals surface area contributed by atoms with Crippen molar-refractivity contribution in [2.75, 3.05) is 18.2 Å². The molecule has 0 heterocycles. The van der Waals surface area contributed by atoms with Crippen LogP contribution in [0.4, 0.5) is 11.4 Å². The molecule has 4 heteroatoms. The molecule has 0 aliphatic carbocycles. The summed E-state index contributed by atoms with van der Waals surface area (Å²) in [5, 5.41) is 3.31. The summed E-state index contributed by atoms with van der Waals surface area (Å²) in [6.07, 6.45) is 0. The molecule has 0 aliphatic heterocycles. The smallest absolute Gasteiger partial charge is 0.121 e. The maximum Gasteiger partial charge on any atom is 0.121 e. The zero-order chi connectivity index (χ0) is 13.0. The van der Waals surface area contributed by atoms with Gasteiger partial charge in [0.25, 0.3) is 0 Å². The van der Waals surface area contributed by atoms with Crippen LogP contribution in [0.25, 0.3) is 0 Å². The van der Waals surface area contributed by atoms with Crippen LogP contribution in [0.15, 0.2) is 46.9 Å². The van der Waals surface area contributed by atoms with Crippen molar-refractivity contribution in [3.05, 3.63) is 52.5 Å². The van der Waals surface area contributed by atoms with Crippen LogP contribution in [0.2, 0.25) is 0 Å². The van der Waals surface area contributed by atoms with Crippen LogP contribution < -0.4 is 15.8 Å². The fraction of sp³-hybridized carbons (Fsp3) is 0.143. The molecule has 3 nitrogen and oxygen atoms in total. The number of nitrogens with two attached hydrogens (primary N) is 1. The Bertz CT molecular complexity index is 543. The molecule has 3 N–H and O–H groups in total. The van der Waals surface area contributed by atoms with Crippen molar-refractivity contribution in [3.63, 3.8) is 0 Å². The third-order valence-corrected chi connectivity index (χ3v) is 3.12. The number of ether oxygens (including phenoxy) is 1. The standard InChI is InChI=1S/C14H15BrN2O/c1-18-12-5-6-14(13(16)8-12)17-9-10-3-2-4-11(15)7-10/h2-8,17H,9,16H2,1H3. The first-order valence-corrected chi connectivity index (χ1v) is 6.40. The second kappa shape index (κ2) is 5.78. The minimum Gasteiger partial charge on any atom is -0.497 e. The van der Waals surface area contributed by atoms with Gasteiger partial charge in [0.05, 0.1) is 18.5 Å². The zero-order valence-electron chi connectivity index (χ0n) is 10.1. The van der Waals surface area contributed by atoms with E-state index in [1.165, 1.54) is 5.56 Å². The molecule has 0 saturated heterocycles. The van der Waals surface area contributed by atoms with Gasteiger partial charge in [0.2, 0.25) is 0 Å². The highest BCUT2D eigenvalue weighted by Crippen LogP contribution is 2.24. The molecule has 18 heavy (non-hydrogen) atoms. The van der Waals surface area contributed by atoms with Crippen LogP contribution in [0, 0.1) is 0 Å². The normalized spacial score (nSPS) is 10.1. The highest BCUT2D eigenvalue weighted by molar-refractivity contribution is 9.10. The second-order valence-corrected chi connectivity index (χ2v) is 4.85. The largest absolute Gasteiger partial charge is 0.497 e. The summed E-state index contributed by atoms with van der Waals surface area (Å²) >= 11 is 3.45. The first-order valence-electron chi connectivity index (χ1n) is 5.61. The molecule has 2 aromatic carbocycles. The molecule has 0 amide bonds. The zero-order valence-corrected chi connectivity index (χ0v) is 11.7. The van der Waals surface area contributed by atoms with Gasteiger partial charge in [-0.05, 0) is 29.8 Å². The Kier molecular flexibility index (Phi) is 4.10. The van der Waals surface area contributed by atoms with Gasteiger partial charge in [0, 0.05) is 17.1 Å². The molecule has 94 valence electrons. The van der Waals surface area contributed by atoms with E-state index in [4.69, 9.17) is 10.5 Å². The van der Waals surface area contributed by atoms with E-state index in [2.05, 4.69) is 33.4 Å². The quantitative estimate of drug-likeness (QED) is 0.848. The van der Waals surface area contributed by atoms with Crippen LogP contribution >= 0.6 is 15.9 Å². The van der Waals surface area contributed by atoms with Gasteiger partial charge < -0.3 is 15.8 Å². The van der Waals surface area contributed by atoms with E-state index < -0.39 is 0 Å². The third-order valence-electron chi connectivity index (χ3n) is 2.63. The number of hydrogen-bond acceptors (Lipinski definition) is 3. The van der Waals surface area contributed by atoms with Crippen LogP contribution in [0.1, 0.15) is 5.56 Å². The summed E-state index contributed by atoms with van der Waals surface area (Å²) in [5.41, 5.74) is 8.73. The monoisotopic (exact) mass is 306 g/mol. The molecular weight excluding hydrogens is 292 g/mol. The SMILES string of the molecule is COc1ccc(NCc2cccc(Br)c2)c(N)c1. The second-order valence-electron chi connectivity index (χ2n) is 3.94. The Morgan fingerprint density at radius 3 is 2.72 bits per heavy atom. The van der Waals surface area contributed by atoms with E-state index in [-0.39, 0.29) is 0 Å². The highest BCUT2D eigenvalue weighted by Gasteiger charge is 2.01. The molecule has 0 aliphatic rings. The predicted octanol–water partition coefficient (Wildman–Crippen LogP) is 3.65. The summed E-state index contributed by atoms with van der Waals surface area (Å²) in [4.78, 5) is 0. The van der Waals surface area contributed by atoms with Crippen LogP contribution in [0.5, 0.6) is 5.75 Å². The van der Waals surface area contributed by atoms with Crippen molar-refractivity contribution >= 4 is 27.3 Å². The summed E-state index contributed by atoms with van der Waals surface area (Å²) in [5.74, 6) is 0.764. The van der Waals surface area contributed by atoms with Crippen molar-refractivity contribution < 1.29 is 4.74 Å². The summed E-state index contributed by atoms with van der Waals surface area (Å²) in [7, 11) is 1.63. The average Bonchev–Trinajstić information content (AvgIpc) is 2.37. The Hall–Kier alpha value is -1.68. The minimum absolute atomic E-state index is 0.685. The van der Waals surface area contributed by atoms with Crippen LogP contribution in [0.3, 0.4) is 0 Å². The number of benzene rings is 2. The van der Waals surface area contributed by atoms with Gasteiger partial charge in [0.1, 0.15) is 5.75 Å². The Balaban J connectivity index is 2.06. The third kappa shape index (κ3) is 3.17. The topological polar surface area (TPSA) is 47.3 Å². The van der Waals surface area contributed by atoms with Gasteiger partial charge >= 0.3 is 0 Å². The predicted molar refractivity (Wildman–Crippen MR) is 78.9 cm³/mol. The first-order chi connectivity index (χ1) is 8.69.